The first-order chi connectivity index (χ1) is 9.20. The second-order valence-electron chi connectivity index (χ2n) is 3.95. The van der Waals surface area contributed by atoms with Crippen molar-refractivity contribution in [2.24, 2.45) is 4.99 Å². The molecule has 1 N–H and O–H groups in total. The molecule has 4 nitrogen and oxygen atoms in total. The lowest BCUT2D eigenvalue weighted by Gasteiger charge is -2.13. The molecule has 0 aliphatic carbocycles. The molecule has 0 unspecified atom stereocenters. The number of amides is 1. The third-order valence-corrected chi connectivity index (χ3v) is 4.87. The fraction of sp³-hybridized carbons (Fsp3) is 0.385. The standard InChI is InChI=1S/C13H16N2O2S2/c1-9(19-13-14-7-8-18-13)12(16)15-10-5-3-4-6-11(10)17-2/h3-6,9H,7-8H2,1-2H3,(H,15,16)/t9-/m1/s1. The summed E-state index contributed by atoms with van der Waals surface area (Å²) in [6.45, 7) is 2.74. The molecule has 0 saturated heterocycles. The van der Waals surface area contributed by atoms with Gasteiger partial charge in [-0.05, 0) is 19.1 Å². The average Bonchev–Trinajstić information content (AvgIpc) is 2.92. The molecule has 19 heavy (non-hydrogen) atoms. The van der Waals surface area contributed by atoms with Gasteiger partial charge in [0.2, 0.25) is 5.91 Å². The summed E-state index contributed by atoms with van der Waals surface area (Å²) in [6, 6.07) is 7.39. The van der Waals surface area contributed by atoms with Crippen molar-refractivity contribution in [2.45, 2.75) is 12.2 Å². The lowest BCUT2D eigenvalue weighted by Crippen LogP contribution is -2.23. The molecule has 0 fully saturated rings. The van der Waals surface area contributed by atoms with E-state index in [1.54, 1.807) is 18.9 Å². The van der Waals surface area contributed by atoms with E-state index in [4.69, 9.17) is 4.74 Å². The number of ether oxygens (including phenoxy) is 1. The van der Waals surface area contributed by atoms with E-state index in [-0.39, 0.29) is 11.2 Å². The topological polar surface area (TPSA) is 50.7 Å². The van der Waals surface area contributed by atoms with Gasteiger partial charge in [0.15, 0.2) is 0 Å². The smallest absolute Gasteiger partial charge is 0.237 e. The fourth-order valence-electron chi connectivity index (χ4n) is 1.57. The minimum absolute atomic E-state index is 0.0373. The number of hydrogen-bond acceptors (Lipinski definition) is 5. The molecule has 102 valence electrons. The number of nitrogens with zero attached hydrogens (tertiary/aromatic N) is 1. The molecule has 1 aromatic carbocycles. The van der Waals surface area contributed by atoms with Crippen molar-refractivity contribution in [2.75, 3.05) is 24.7 Å². The molecule has 2 rings (SSSR count). The number of rotatable bonds is 4. The highest BCUT2D eigenvalue weighted by Gasteiger charge is 2.19. The molecule has 1 heterocycles. The summed E-state index contributed by atoms with van der Waals surface area (Å²) in [5.74, 6) is 1.65. The van der Waals surface area contributed by atoms with Gasteiger partial charge in [0.25, 0.3) is 0 Å². The minimum Gasteiger partial charge on any atom is -0.495 e. The summed E-state index contributed by atoms with van der Waals surface area (Å²) in [5.41, 5.74) is 0.698. The van der Waals surface area contributed by atoms with E-state index in [1.165, 1.54) is 11.8 Å². The SMILES string of the molecule is COc1ccccc1NC(=O)[C@@H](C)SC1=NCCS1. The number of nitrogens with one attached hydrogen (secondary N) is 1. The Morgan fingerprint density at radius 3 is 3.00 bits per heavy atom. The number of hydrogen-bond donors (Lipinski definition) is 1. The van der Waals surface area contributed by atoms with E-state index < -0.39 is 0 Å². The summed E-state index contributed by atoms with van der Waals surface area (Å²) >= 11 is 3.22. The van der Waals surface area contributed by atoms with Gasteiger partial charge in [-0.15, -0.1) is 0 Å². The summed E-state index contributed by atoms with van der Waals surface area (Å²) in [6.07, 6.45) is 0. The van der Waals surface area contributed by atoms with Gasteiger partial charge in [-0.1, -0.05) is 35.7 Å². The van der Waals surface area contributed by atoms with E-state index in [1.807, 2.05) is 31.2 Å². The molecule has 1 aliphatic rings. The first kappa shape index (κ1) is 14.3. The van der Waals surface area contributed by atoms with Crippen LogP contribution in [0.5, 0.6) is 5.75 Å². The Balaban J connectivity index is 1.96. The predicted molar refractivity (Wildman–Crippen MR) is 83.4 cm³/mol. The second kappa shape index (κ2) is 6.86. The van der Waals surface area contributed by atoms with Crippen molar-refractivity contribution >= 4 is 39.5 Å². The number of anilines is 1. The van der Waals surface area contributed by atoms with Crippen molar-refractivity contribution in [3.05, 3.63) is 24.3 Å². The highest BCUT2D eigenvalue weighted by atomic mass is 32.2. The van der Waals surface area contributed by atoms with E-state index in [0.29, 0.717) is 11.4 Å². The summed E-state index contributed by atoms with van der Waals surface area (Å²) in [4.78, 5) is 16.5. The Labute approximate surface area is 121 Å². The molecule has 0 bridgehead atoms. The van der Waals surface area contributed by atoms with Crippen LogP contribution in [0.15, 0.2) is 29.3 Å². The first-order valence-corrected chi connectivity index (χ1v) is 7.85. The average molecular weight is 296 g/mol. The number of benzene rings is 1. The highest BCUT2D eigenvalue weighted by molar-refractivity contribution is 8.39. The molecule has 0 saturated carbocycles. The zero-order valence-electron chi connectivity index (χ0n) is 10.9. The zero-order valence-corrected chi connectivity index (χ0v) is 12.5. The van der Waals surface area contributed by atoms with Crippen molar-refractivity contribution in [1.29, 1.82) is 0 Å². The largest absolute Gasteiger partial charge is 0.495 e. The van der Waals surface area contributed by atoms with Crippen molar-refractivity contribution in [3.8, 4) is 5.75 Å². The maximum atomic E-state index is 12.1. The van der Waals surface area contributed by atoms with Crippen LogP contribution < -0.4 is 10.1 Å². The number of methoxy groups -OCH3 is 1. The Morgan fingerprint density at radius 1 is 1.53 bits per heavy atom. The van der Waals surface area contributed by atoms with Crippen LogP contribution in [0.1, 0.15) is 6.92 Å². The second-order valence-corrected chi connectivity index (χ2v) is 6.62. The number of para-hydroxylation sites is 2. The monoisotopic (exact) mass is 296 g/mol. The van der Waals surface area contributed by atoms with Crippen LogP contribution in [-0.4, -0.2) is 34.9 Å². The number of aliphatic imine (C=N–C) groups is 1. The first-order valence-electron chi connectivity index (χ1n) is 5.98. The summed E-state index contributed by atoms with van der Waals surface area (Å²) in [7, 11) is 1.59. The van der Waals surface area contributed by atoms with Gasteiger partial charge in [0.05, 0.1) is 24.6 Å². The van der Waals surface area contributed by atoms with E-state index >= 15 is 0 Å². The lowest BCUT2D eigenvalue weighted by molar-refractivity contribution is -0.115. The number of carbonyl (C=O) groups excluding carboxylic acids is 1. The quantitative estimate of drug-likeness (QED) is 0.928. The van der Waals surface area contributed by atoms with E-state index in [0.717, 1.165) is 16.7 Å². The Bertz CT molecular complexity index is 491. The molecular weight excluding hydrogens is 280 g/mol. The zero-order chi connectivity index (χ0) is 13.7. The summed E-state index contributed by atoms with van der Waals surface area (Å²) in [5, 5.41) is 2.71. The van der Waals surface area contributed by atoms with Crippen LogP contribution in [0, 0.1) is 0 Å². The molecule has 1 amide bonds. The highest BCUT2D eigenvalue weighted by Crippen LogP contribution is 2.28. The van der Waals surface area contributed by atoms with Gasteiger partial charge in [-0.3, -0.25) is 9.79 Å². The Morgan fingerprint density at radius 2 is 2.32 bits per heavy atom. The normalized spacial score (nSPS) is 15.8. The van der Waals surface area contributed by atoms with E-state index in [9.17, 15) is 4.79 Å². The van der Waals surface area contributed by atoms with Gasteiger partial charge in [0.1, 0.15) is 10.1 Å². The molecule has 1 aliphatic heterocycles. The molecule has 1 aromatic rings. The van der Waals surface area contributed by atoms with Crippen LogP contribution in [0.2, 0.25) is 0 Å². The molecule has 0 aromatic heterocycles. The molecule has 0 spiro atoms. The van der Waals surface area contributed by atoms with Crippen LogP contribution in [0.25, 0.3) is 0 Å². The lowest BCUT2D eigenvalue weighted by atomic mass is 10.3. The number of carbonyl (C=O) groups is 1. The third-order valence-electron chi connectivity index (χ3n) is 2.57. The van der Waals surface area contributed by atoms with Crippen molar-refractivity contribution < 1.29 is 9.53 Å². The van der Waals surface area contributed by atoms with Crippen LogP contribution in [0.4, 0.5) is 5.69 Å². The molecule has 1 atom stereocenters. The van der Waals surface area contributed by atoms with Crippen molar-refractivity contribution in [1.82, 2.24) is 0 Å². The fourth-order valence-corrected chi connectivity index (χ4v) is 3.70. The van der Waals surface area contributed by atoms with Crippen LogP contribution >= 0.6 is 23.5 Å². The predicted octanol–water partition coefficient (Wildman–Crippen LogP) is 2.86. The van der Waals surface area contributed by atoms with Crippen molar-refractivity contribution in [3.63, 3.8) is 0 Å². The van der Waals surface area contributed by atoms with Gasteiger partial charge in [-0.2, -0.15) is 0 Å². The van der Waals surface area contributed by atoms with E-state index in [2.05, 4.69) is 10.3 Å². The minimum atomic E-state index is -0.172. The van der Waals surface area contributed by atoms with Gasteiger partial charge in [-0.25, -0.2) is 0 Å². The third kappa shape index (κ3) is 3.91. The van der Waals surface area contributed by atoms with Gasteiger partial charge >= 0.3 is 0 Å². The Kier molecular flexibility index (Phi) is 5.15. The van der Waals surface area contributed by atoms with Crippen LogP contribution in [-0.2, 0) is 4.79 Å². The Hall–Kier alpha value is -1.14. The maximum Gasteiger partial charge on any atom is 0.237 e. The summed E-state index contributed by atoms with van der Waals surface area (Å²) < 4.78 is 6.21. The van der Waals surface area contributed by atoms with Crippen LogP contribution in [0.3, 0.4) is 0 Å². The van der Waals surface area contributed by atoms with Gasteiger partial charge in [0, 0.05) is 5.75 Å². The molecule has 6 heteroatoms. The molecule has 0 radical (unpaired) electrons. The maximum absolute atomic E-state index is 12.1. The number of thioether (sulfide) groups is 2. The molecular formula is C13H16N2O2S2. The van der Waals surface area contributed by atoms with Gasteiger partial charge < -0.3 is 10.1 Å².